The number of ether oxygens (including phenoxy) is 1. The molecule has 0 aromatic heterocycles. The molecule has 0 aliphatic carbocycles. The van der Waals surface area contributed by atoms with E-state index in [2.05, 4.69) is 19.9 Å². The van der Waals surface area contributed by atoms with Gasteiger partial charge in [-0.1, -0.05) is 38.5 Å². The van der Waals surface area contributed by atoms with E-state index < -0.39 is 0 Å². The summed E-state index contributed by atoms with van der Waals surface area (Å²) in [5.74, 6) is 0.285. The van der Waals surface area contributed by atoms with Gasteiger partial charge in [0.15, 0.2) is 0 Å². The van der Waals surface area contributed by atoms with Crippen LogP contribution in [-0.4, -0.2) is 13.2 Å². The highest BCUT2D eigenvalue weighted by atomic mass is 16.5. The van der Waals surface area contributed by atoms with Gasteiger partial charge in [-0.25, -0.2) is 0 Å². The summed E-state index contributed by atoms with van der Waals surface area (Å²) in [7, 11) is 0. The van der Waals surface area contributed by atoms with Crippen molar-refractivity contribution in [1.82, 2.24) is 0 Å². The van der Waals surface area contributed by atoms with Crippen molar-refractivity contribution in [3.8, 4) is 6.07 Å². The zero-order chi connectivity index (χ0) is 11.8. The number of nitrogens with zero attached hydrogens (tertiary/aromatic N) is 1. The van der Waals surface area contributed by atoms with Crippen molar-refractivity contribution in [2.45, 2.75) is 32.6 Å². The topological polar surface area (TPSA) is 33.0 Å². The summed E-state index contributed by atoms with van der Waals surface area (Å²) < 4.78 is 5.58. The molecule has 1 unspecified atom stereocenters. The Kier molecular flexibility index (Phi) is 5.60. The summed E-state index contributed by atoms with van der Waals surface area (Å²) >= 11 is 0. The fourth-order valence-electron chi connectivity index (χ4n) is 1.62. The molecule has 0 saturated carbocycles. The molecule has 0 saturated heterocycles. The number of benzene rings is 1. The van der Waals surface area contributed by atoms with Crippen LogP contribution < -0.4 is 0 Å². The summed E-state index contributed by atoms with van der Waals surface area (Å²) in [6.45, 7) is 5.76. The van der Waals surface area contributed by atoms with E-state index in [-0.39, 0.29) is 5.92 Å². The lowest BCUT2D eigenvalue weighted by Gasteiger charge is -2.13. The van der Waals surface area contributed by atoms with Crippen LogP contribution in [0.15, 0.2) is 24.3 Å². The summed E-state index contributed by atoms with van der Waals surface area (Å²) in [6.07, 6.45) is 2.26. The van der Waals surface area contributed by atoms with Crippen LogP contribution in [0.5, 0.6) is 0 Å². The minimum atomic E-state index is 0.285. The van der Waals surface area contributed by atoms with E-state index in [1.165, 1.54) is 0 Å². The molecular weight excluding hydrogens is 198 g/mol. The van der Waals surface area contributed by atoms with Gasteiger partial charge in [-0.2, -0.15) is 5.26 Å². The lowest BCUT2D eigenvalue weighted by atomic mass is 9.97. The van der Waals surface area contributed by atoms with Crippen molar-refractivity contribution in [1.29, 1.82) is 5.26 Å². The minimum Gasteiger partial charge on any atom is -0.381 e. The van der Waals surface area contributed by atoms with Gasteiger partial charge in [0.1, 0.15) is 0 Å². The van der Waals surface area contributed by atoms with Gasteiger partial charge < -0.3 is 4.74 Å². The summed E-state index contributed by atoms with van der Waals surface area (Å²) in [5.41, 5.74) is 1.84. The third-order valence-electron chi connectivity index (χ3n) is 2.62. The molecule has 2 heteroatoms. The lowest BCUT2D eigenvalue weighted by molar-refractivity contribution is 0.121. The highest BCUT2D eigenvalue weighted by Crippen LogP contribution is 2.19. The van der Waals surface area contributed by atoms with Crippen molar-refractivity contribution in [2.75, 3.05) is 13.2 Å². The van der Waals surface area contributed by atoms with Crippen molar-refractivity contribution >= 4 is 0 Å². The van der Waals surface area contributed by atoms with Crippen LogP contribution in [0.2, 0.25) is 0 Å². The van der Waals surface area contributed by atoms with Gasteiger partial charge in [-0.15, -0.1) is 0 Å². The van der Waals surface area contributed by atoms with Gasteiger partial charge in [0.2, 0.25) is 0 Å². The zero-order valence-electron chi connectivity index (χ0n) is 10.1. The molecule has 0 N–H and O–H groups in total. The molecule has 0 fully saturated rings. The molecule has 0 spiro atoms. The summed E-state index contributed by atoms with van der Waals surface area (Å²) in [4.78, 5) is 0. The van der Waals surface area contributed by atoms with Gasteiger partial charge in [0, 0.05) is 12.5 Å². The van der Waals surface area contributed by atoms with Crippen LogP contribution in [0.4, 0.5) is 0 Å². The number of hydrogen-bond acceptors (Lipinski definition) is 2. The van der Waals surface area contributed by atoms with Crippen molar-refractivity contribution in [3.05, 3.63) is 35.4 Å². The fraction of sp³-hybridized carbons (Fsp3) is 0.500. The standard InChI is InChI=1S/C14H19NO/c1-3-4-9-16-11-12(2)14-8-6-5-7-13(14)10-15/h5-8,12H,3-4,9,11H2,1-2H3. The van der Waals surface area contributed by atoms with E-state index >= 15 is 0 Å². The van der Waals surface area contributed by atoms with E-state index in [0.717, 1.165) is 30.6 Å². The Bertz CT molecular complexity index is 354. The zero-order valence-corrected chi connectivity index (χ0v) is 10.1. The van der Waals surface area contributed by atoms with Crippen LogP contribution in [0, 0.1) is 11.3 Å². The molecule has 16 heavy (non-hydrogen) atoms. The molecule has 1 rings (SSSR count). The number of hydrogen-bond donors (Lipinski definition) is 0. The third-order valence-corrected chi connectivity index (χ3v) is 2.62. The van der Waals surface area contributed by atoms with E-state index in [0.29, 0.717) is 6.61 Å². The first kappa shape index (κ1) is 12.7. The minimum absolute atomic E-state index is 0.285. The summed E-state index contributed by atoms with van der Waals surface area (Å²) in [6, 6.07) is 9.95. The molecule has 86 valence electrons. The lowest BCUT2D eigenvalue weighted by Crippen LogP contribution is -2.07. The van der Waals surface area contributed by atoms with E-state index in [4.69, 9.17) is 10.00 Å². The first-order valence-electron chi connectivity index (χ1n) is 5.86. The first-order chi connectivity index (χ1) is 7.79. The fourth-order valence-corrected chi connectivity index (χ4v) is 1.62. The van der Waals surface area contributed by atoms with Gasteiger partial charge in [-0.05, 0) is 18.1 Å². The van der Waals surface area contributed by atoms with Gasteiger partial charge in [-0.3, -0.25) is 0 Å². The van der Waals surface area contributed by atoms with E-state index in [1.807, 2.05) is 24.3 Å². The van der Waals surface area contributed by atoms with E-state index in [9.17, 15) is 0 Å². The van der Waals surface area contributed by atoms with Gasteiger partial charge in [0.05, 0.1) is 18.2 Å². The molecule has 0 bridgehead atoms. The average Bonchev–Trinajstić information content (AvgIpc) is 2.34. The predicted molar refractivity (Wildman–Crippen MR) is 65.3 cm³/mol. The molecule has 0 aliphatic rings. The Balaban J connectivity index is 2.52. The molecule has 2 nitrogen and oxygen atoms in total. The van der Waals surface area contributed by atoms with Gasteiger partial charge in [0.25, 0.3) is 0 Å². The second-order valence-corrected chi connectivity index (χ2v) is 4.03. The Hall–Kier alpha value is -1.33. The SMILES string of the molecule is CCCCOCC(C)c1ccccc1C#N. The predicted octanol–water partition coefficient (Wildman–Crippen LogP) is 3.48. The van der Waals surface area contributed by atoms with Crippen LogP contribution >= 0.6 is 0 Å². The van der Waals surface area contributed by atoms with Crippen LogP contribution in [0.1, 0.15) is 43.7 Å². The second kappa shape index (κ2) is 7.03. The maximum Gasteiger partial charge on any atom is 0.0994 e. The Morgan fingerprint density at radius 2 is 2.12 bits per heavy atom. The quantitative estimate of drug-likeness (QED) is 0.683. The van der Waals surface area contributed by atoms with Crippen molar-refractivity contribution in [3.63, 3.8) is 0 Å². The molecule has 0 amide bonds. The Morgan fingerprint density at radius 1 is 1.38 bits per heavy atom. The van der Waals surface area contributed by atoms with Crippen molar-refractivity contribution in [2.24, 2.45) is 0 Å². The van der Waals surface area contributed by atoms with E-state index in [1.54, 1.807) is 0 Å². The highest BCUT2D eigenvalue weighted by Gasteiger charge is 2.09. The Morgan fingerprint density at radius 3 is 2.81 bits per heavy atom. The van der Waals surface area contributed by atoms with Crippen LogP contribution in [0.3, 0.4) is 0 Å². The number of unbranched alkanes of at least 4 members (excludes halogenated alkanes) is 1. The largest absolute Gasteiger partial charge is 0.381 e. The van der Waals surface area contributed by atoms with Gasteiger partial charge >= 0.3 is 0 Å². The molecule has 1 aromatic carbocycles. The molecular formula is C14H19NO. The molecule has 1 aromatic rings. The number of rotatable bonds is 6. The molecule has 0 radical (unpaired) electrons. The van der Waals surface area contributed by atoms with Crippen molar-refractivity contribution < 1.29 is 4.74 Å². The van der Waals surface area contributed by atoms with Crippen LogP contribution in [-0.2, 0) is 4.74 Å². The smallest absolute Gasteiger partial charge is 0.0994 e. The van der Waals surface area contributed by atoms with Crippen LogP contribution in [0.25, 0.3) is 0 Å². The maximum absolute atomic E-state index is 8.99. The third kappa shape index (κ3) is 3.67. The molecule has 0 heterocycles. The highest BCUT2D eigenvalue weighted by molar-refractivity contribution is 5.39. The monoisotopic (exact) mass is 217 g/mol. The number of nitriles is 1. The molecule has 1 atom stereocenters. The average molecular weight is 217 g/mol. The Labute approximate surface area is 97.9 Å². The second-order valence-electron chi connectivity index (χ2n) is 4.03. The first-order valence-corrected chi connectivity index (χ1v) is 5.86. The maximum atomic E-state index is 8.99. The summed E-state index contributed by atoms with van der Waals surface area (Å²) in [5, 5.41) is 8.99. The molecule has 0 aliphatic heterocycles. The normalized spacial score (nSPS) is 12.1.